The van der Waals surface area contributed by atoms with E-state index in [1.807, 2.05) is 38.2 Å². The summed E-state index contributed by atoms with van der Waals surface area (Å²) in [5.41, 5.74) is 4.93. The van der Waals surface area contributed by atoms with Gasteiger partial charge in [0.05, 0.1) is 16.9 Å². The number of aryl methyl sites for hydroxylation is 1. The van der Waals surface area contributed by atoms with Crippen LogP contribution in [0.1, 0.15) is 57.7 Å². The normalized spacial score (nSPS) is 12.3. The maximum absolute atomic E-state index is 6.39. The number of aromatic nitrogens is 2. The molecule has 0 saturated heterocycles. The van der Waals surface area contributed by atoms with Gasteiger partial charge in [0, 0.05) is 29.4 Å². The fourth-order valence-electron chi connectivity index (χ4n) is 2.41. The Balaban J connectivity index is 2.06. The van der Waals surface area contributed by atoms with Crippen LogP contribution in [0.15, 0.2) is 47.4 Å². The zero-order valence-electron chi connectivity index (χ0n) is 16.0. The van der Waals surface area contributed by atoms with Crippen LogP contribution in [0, 0.1) is 6.92 Å². The van der Waals surface area contributed by atoms with Crippen molar-refractivity contribution in [3.8, 4) is 0 Å². The molecule has 0 fully saturated rings. The van der Waals surface area contributed by atoms with Crippen LogP contribution in [0.25, 0.3) is 0 Å². The van der Waals surface area contributed by atoms with Crippen LogP contribution in [-0.4, -0.2) is 15.7 Å². The molecular weight excluding hydrogens is 344 g/mol. The van der Waals surface area contributed by atoms with Gasteiger partial charge in [-0.25, -0.2) is 4.98 Å². The van der Waals surface area contributed by atoms with E-state index in [9.17, 15) is 0 Å². The molecule has 0 atom stereocenters. The van der Waals surface area contributed by atoms with Gasteiger partial charge in [-0.05, 0) is 51.8 Å². The Morgan fingerprint density at radius 3 is 2.65 bits per heavy atom. The third-order valence-electron chi connectivity index (χ3n) is 4.09. The minimum absolute atomic E-state index is 0.557. The first-order valence-corrected chi connectivity index (χ1v) is 9.43. The Labute approximate surface area is 161 Å². The number of nitrogens with zero attached hydrogens (tertiary/aromatic N) is 3. The molecule has 4 nitrogen and oxygen atoms in total. The Kier molecular flexibility index (Phi) is 7.79. The lowest BCUT2D eigenvalue weighted by atomic mass is 10.1. The number of anilines is 2. The van der Waals surface area contributed by atoms with Gasteiger partial charge in [-0.2, -0.15) is 0 Å². The van der Waals surface area contributed by atoms with Gasteiger partial charge in [-0.3, -0.25) is 9.98 Å². The smallest absolute Gasteiger partial charge is 0.149 e. The van der Waals surface area contributed by atoms with Gasteiger partial charge in [-0.1, -0.05) is 36.9 Å². The zero-order chi connectivity index (χ0) is 18.9. The molecule has 0 aliphatic heterocycles. The first kappa shape index (κ1) is 20.1. The molecule has 0 spiro atoms. The second kappa shape index (κ2) is 10.1. The lowest BCUT2D eigenvalue weighted by Crippen LogP contribution is -2.00. The average molecular weight is 371 g/mol. The number of allylic oxidation sites excluding steroid dienone is 1. The van der Waals surface area contributed by atoms with Gasteiger partial charge in [0.2, 0.25) is 0 Å². The molecule has 0 amide bonds. The molecule has 138 valence electrons. The van der Waals surface area contributed by atoms with Crippen molar-refractivity contribution in [1.82, 2.24) is 9.97 Å². The fraction of sp³-hybridized carbons (Fsp3) is 0.381. The summed E-state index contributed by atoms with van der Waals surface area (Å²) in [6.45, 7) is 8.26. The highest BCUT2D eigenvalue weighted by molar-refractivity contribution is 6.33. The van der Waals surface area contributed by atoms with Gasteiger partial charge < -0.3 is 5.32 Å². The maximum Gasteiger partial charge on any atom is 0.149 e. The molecule has 2 heterocycles. The van der Waals surface area contributed by atoms with Crippen molar-refractivity contribution < 1.29 is 0 Å². The van der Waals surface area contributed by atoms with E-state index in [-0.39, 0.29) is 0 Å². The third kappa shape index (κ3) is 6.26. The molecule has 5 heteroatoms. The summed E-state index contributed by atoms with van der Waals surface area (Å²) in [5.74, 6) is 0.611. The molecule has 1 N–H and O–H groups in total. The summed E-state index contributed by atoms with van der Waals surface area (Å²) in [5, 5.41) is 3.74. The number of rotatable bonds is 8. The van der Waals surface area contributed by atoms with Crippen molar-refractivity contribution >= 4 is 28.8 Å². The summed E-state index contributed by atoms with van der Waals surface area (Å²) in [6, 6.07) is 5.78. The SMILES string of the molecule is CCCCC/C(C)=C/N=C(C)c1cnc(Nc2ccc(C)nc2)c(Cl)c1. The van der Waals surface area contributed by atoms with Crippen molar-refractivity contribution in [3.05, 3.63) is 58.6 Å². The first-order chi connectivity index (χ1) is 12.5. The molecule has 0 radical (unpaired) electrons. The van der Waals surface area contributed by atoms with Crippen molar-refractivity contribution in [2.75, 3.05) is 5.32 Å². The highest BCUT2D eigenvalue weighted by atomic mass is 35.5. The van der Waals surface area contributed by atoms with E-state index in [1.165, 1.54) is 24.8 Å². The molecule has 0 bridgehead atoms. The number of unbranched alkanes of at least 4 members (excludes halogenated alkanes) is 2. The molecule has 26 heavy (non-hydrogen) atoms. The van der Waals surface area contributed by atoms with E-state index in [1.54, 1.807) is 12.4 Å². The molecule has 0 unspecified atom stereocenters. The second-order valence-corrected chi connectivity index (χ2v) is 6.92. The summed E-state index contributed by atoms with van der Waals surface area (Å²) < 4.78 is 0. The van der Waals surface area contributed by atoms with Crippen LogP contribution in [0.5, 0.6) is 0 Å². The van der Waals surface area contributed by atoms with E-state index in [0.29, 0.717) is 10.8 Å². The quantitative estimate of drug-likeness (QED) is 0.427. The fourth-order valence-corrected chi connectivity index (χ4v) is 2.62. The molecule has 0 aliphatic rings. The van der Waals surface area contributed by atoms with E-state index in [2.05, 4.69) is 34.1 Å². The van der Waals surface area contributed by atoms with Crippen LogP contribution in [-0.2, 0) is 0 Å². The predicted octanol–water partition coefficient (Wildman–Crippen LogP) is 6.48. The molecule has 0 aromatic carbocycles. The van der Waals surface area contributed by atoms with Crippen molar-refractivity contribution in [1.29, 1.82) is 0 Å². The highest BCUT2D eigenvalue weighted by Gasteiger charge is 2.06. The molecule has 0 saturated carbocycles. The number of nitrogens with one attached hydrogen (secondary N) is 1. The average Bonchev–Trinajstić information content (AvgIpc) is 2.63. The number of hydrogen-bond acceptors (Lipinski definition) is 4. The van der Waals surface area contributed by atoms with Crippen molar-refractivity contribution in [2.45, 2.75) is 53.4 Å². The minimum Gasteiger partial charge on any atom is -0.338 e. The van der Waals surface area contributed by atoms with Crippen LogP contribution >= 0.6 is 11.6 Å². The lowest BCUT2D eigenvalue weighted by Gasteiger charge is -2.09. The summed E-state index contributed by atoms with van der Waals surface area (Å²) in [7, 11) is 0. The van der Waals surface area contributed by atoms with Crippen LogP contribution in [0.4, 0.5) is 11.5 Å². The van der Waals surface area contributed by atoms with Gasteiger partial charge in [0.25, 0.3) is 0 Å². The van der Waals surface area contributed by atoms with Crippen molar-refractivity contribution in [3.63, 3.8) is 0 Å². The van der Waals surface area contributed by atoms with Gasteiger partial charge in [0.15, 0.2) is 0 Å². The van der Waals surface area contributed by atoms with Gasteiger partial charge in [-0.15, -0.1) is 0 Å². The second-order valence-electron chi connectivity index (χ2n) is 6.51. The molecule has 0 aliphatic carbocycles. The predicted molar refractivity (Wildman–Crippen MR) is 112 cm³/mol. The monoisotopic (exact) mass is 370 g/mol. The number of hydrogen-bond donors (Lipinski definition) is 1. The van der Waals surface area contributed by atoms with E-state index in [0.717, 1.165) is 29.1 Å². The molecule has 2 rings (SSSR count). The maximum atomic E-state index is 6.39. The van der Waals surface area contributed by atoms with Crippen molar-refractivity contribution in [2.24, 2.45) is 4.99 Å². The Hall–Kier alpha value is -2.20. The van der Waals surface area contributed by atoms with Crippen LogP contribution in [0.2, 0.25) is 5.02 Å². The number of pyridine rings is 2. The zero-order valence-corrected chi connectivity index (χ0v) is 16.8. The van der Waals surface area contributed by atoms with E-state index in [4.69, 9.17) is 11.6 Å². The lowest BCUT2D eigenvalue weighted by molar-refractivity contribution is 0.712. The summed E-state index contributed by atoms with van der Waals surface area (Å²) >= 11 is 6.39. The Morgan fingerprint density at radius 1 is 1.19 bits per heavy atom. The van der Waals surface area contributed by atoms with Crippen LogP contribution in [0.3, 0.4) is 0 Å². The topological polar surface area (TPSA) is 50.2 Å². The Morgan fingerprint density at radius 2 is 2.00 bits per heavy atom. The largest absolute Gasteiger partial charge is 0.338 e. The molecule has 2 aromatic heterocycles. The standard InChI is InChI=1S/C21H27ClN4/c1-5-6-7-8-15(2)12-24-17(4)18-11-20(22)21(25-13-18)26-19-10-9-16(3)23-14-19/h9-14H,5-8H2,1-4H3,(H,25,26)/b15-12+,24-17?. The summed E-state index contributed by atoms with van der Waals surface area (Å²) in [4.78, 5) is 13.3. The highest BCUT2D eigenvalue weighted by Crippen LogP contribution is 2.24. The molecular formula is C21H27ClN4. The van der Waals surface area contributed by atoms with E-state index < -0.39 is 0 Å². The Bertz CT molecular complexity index is 779. The first-order valence-electron chi connectivity index (χ1n) is 9.05. The third-order valence-corrected chi connectivity index (χ3v) is 4.37. The minimum atomic E-state index is 0.557. The number of halogens is 1. The van der Waals surface area contributed by atoms with Crippen LogP contribution < -0.4 is 5.32 Å². The molecule has 2 aromatic rings. The van der Waals surface area contributed by atoms with E-state index >= 15 is 0 Å². The van der Waals surface area contributed by atoms with Gasteiger partial charge in [0.1, 0.15) is 5.82 Å². The van der Waals surface area contributed by atoms with Gasteiger partial charge >= 0.3 is 0 Å². The number of aliphatic imine (C=N–C) groups is 1. The summed E-state index contributed by atoms with van der Waals surface area (Å²) in [6.07, 6.45) is 10.3.